The zero-order valence-electron chi connectivity index (χ0n) is 23.7. The highest BCUT2D eigenvalue weighted by Gasteiger charge is 2.40. The van der Waals surface area contributed by atoms with Gasteiger partial charge in [0.15, 0.2) is 0 Å². The van der Waals surface area contributed by atoms with Gasteiger partial charge in [-0.25, -0.2) is 9.69 Å². The van der Waals surface area contributed by atoms with Gasteiger partial charge in [0.2, 0.25) is 0 Å². The van der Waals surface area contributed by atoms with Gasteiger partial charge in [-0.1, -0.05) is 31.5 Å². The molecule has 1 aliphatic heterocycles. The van der Waals surface area contributed by atoms with Crippen LogP contribution < -0.4 is 25.0 Å². The Balaban J connectivity index is 1.50. The van der Waals surface area contributed by atoms with E-state index in [4.69, 9.17) is 25.8 Å². The van der Waals surface area contributed by atoms with Crippen molar-refractivity contribution in [3.8, 4) is 11.5 Å². The Labute approximate surface area is 248 Å². The van der Waals surface area contributed by atoms with E-state index in [1.54, 1.807) is 61.5 Å². The first-order valence-corrected chi connectivity index (χ1v) is 13.4. The molecule has 0 atom stereocenters. The van der Waals surface area contributed by atoms with Crippen LogP contribution in [-0.2, 0) is 14.3 Å². The average molecular weight is 592 g/mol. The molecule has 1 aliphatic rings. The number of methoxy groups -OCH3 is 2. The summed E-state index contributed by atoms with van der Waals surface area (Å²) in [6, 6.07) is 15.9. The van der Waals surface area contributed by atoms with Gasteiger partial charge in [-0.15, -0.1) is 0 Å². The van der Waals surface area contributed by atoms with Crippen LogP contribution in [-0.4, -0.2) is 44.5 Å². The number of carbonyl (C=O) groups is 4. The molecule has 3 amide bonds. The van der Waals surface area contributed by atoms with E-state index >= 15 is 0 Å². The summed E-state index contributed by atoms with van der Waals surface area (Å²) in [5.74, 6) is -1.32. The smallest absolute Gasteiger partial charge is 0.338 e. The summed E-state index contributed by atoms with van der Waals surface area (Å²) in [4.78, 5) is 52.5. The number of ether oxygens (including phenoxy) is 3. The lowest BCUT2D eigenvalue weighted by Crippen LogP contribution is -2.32. The van der Waals surface area contributed by atoms with Gasteiger partial charge in [-0.2, -0.15) is 0 Å². The average Bonchev–Trinajstić information content (AvgIpc) is 3.19. The molecule has 3 aromatic carbocycles. The van der Waals surface area contributed by atoms with Gasteiger partial charge in [-0.3, -0.25) is 14.4 Å². The van der Waals surface area contributed by atoms with Crippen molar-refractivity contribution in [2.75, 3.05) is 36.4 Å². The molecule has 0 aliphatic carbocycles. The fourth-order valence-corrected chi connectivity index (χ4v) is 4.26. The Morgan fingerprint density at radius 3 is 2.24 bits per heavy atom. The van der Waals surface area contributed by atoms with E-state index in [2.05, 4.69) is 10.6 Å². The minimum absolute atomic E-state index is 0.139. The molecule has 0 fully saturated rings. The van der Waals surface area contributed by atoms with Crippen molar-refractivity contribution in [2.24, 2.45) is 5.92 Å². The van der Waals surface area contributed by atoms with Gasteiger partial charge < -0.3 is 24.8 Å². The minimum atomic E-state index is -0.726. The van der Waals surface area contributed by atoms with Gasteiger partial charge in [0.05, 0.1) is 32.1 Å². The second kappa shape index (κ2) is 12.8. The molecule has 0 saturated heterocycles. The molecule has 0 radical (unpaired) electrons. The molecule has 0 unspecified atom stereocenters. The van der Waals surface area contributed by atoms with Crippen LogP contribution in [0.25, 0.3) is 0 Å². The van der Waals surface area contributed by atoms with Crippen molar-refractivity contribution >= 4 is 52.4 Å². The Kier molecular flexibility index (Phi) is 9.17. The van der Waals surface area contributed by atoms with Gasteiger partial charge >= 0.3 is 5.97 Å². The van der Waals surface area contributed by atoms with E-state index in [0.717, 1.165) is 4.90 Å². The predicted molar refractivity (Wildman–Crippen MR) is 159 cm³/mol. The third-order valence-electron chi connectivity index (χ3n) is 6.34. The second-order valence-corrected chi connectivity index (χ2v) is 10.2. The largest absolute Gasteiger partial charge is 0.497 e. The molecular formula is C31H30ClN3O7. The Bertz CT molecular complexity index is 1580. The summed E-state index contributed by atoms with van der Waals surface area (Å²) < 4.78 is 15.8. The number of aryl methyl sites for hydroxylation is 1. The summed E-state index contributed by atoms with van der Waals surface area (Å²) in [7, 11) is 2.90. The number of nitrogens with one attached hydrogen (secondary N) is 2. The minimum Gasteiger partial charge on any atom is -0.497 e. The Hall–Kier alpha value is -4.83. The van der Waals surface area contributed by atoms with Gasteiger partial charge in [0.1, 0.15) is 22.2 Å². The van der Waals surface area contributed by atoms with Crippen molar-refractivity contribution in [3.05, 3.63) is 88.1 Å². The first-order chi connectivity index (χ1) is 20.0. The highest BCUT2D eigenvalue weighted by molar-refractivity contribution is 6.53. The van der Waals surface area contributed by atoms with Gasteiger partial charge in [0, 0.05) is 23.0 Å². The van der Waals surface area contributed by atoms with Crippen molar-refractivity contribution in [3.63, 3.8) is 0 Å². The van der Waals surface area contributed by atoms with Crippen LogP contribution in [0.3, 0.4) is 0 Å². The molecule has 0 bridgehead atoms. The molecule has 0 saturated carbocycles. The molecule has 11 heteroatoms. The zero-order valence-corrected chi connectivity index (χ0v) is 24.5. The third kappa shape index (κ3) is 6.39. The maximum absolute atomic E-state index is 13.4. The number of hydrogen-bond donors (Lipinski definition) is 2. The highest BCUT2D eigenvalue weighted by Crippen LogP contribution is 2.38. The summed E-state index contributed by atoms with van der Waals surface area (Å²) in [5, 5.41) is 5.41. The quantitative estimate of drug-likeness (QED) is 0.234. The number of anilines is 3. The molecule has 42 heavy (non-hydrogen) atoms. The van der Waals surface area contributed by atoms with E-state index in [-0.39, 0.29) is 33.6 Å². The van der Waals surface area contributed by atoms with Gasteiger partial charge in [-0.05, 0) is 66.9 Å². The van der Waals surface area contributed by atoms with E-state index in [1.807, 2.05) is 13.8 Å². The number of nitrogens with zero attached hydrogens (tertiary/aromatic N) is 1. The number of amides is 3. The maximum atomic E-state index is 13.4. The highest BCUT2D eigenvalue weighted by atomic mass is 35.5. The number of esters is 1. The van der Waals surface area contributed by atoms with Crippen LogP contribution in [0.5, 0.6) is 11.5 Å². The summed E-state index contributed by atoms with van der Waals surface area (Å²) in [6.07, 6.45) is 0. The van der Waals surface area contributed by atoms with Crippen LogP contribution in [0, 0.1) is 12.8 Å². The molecule has 2 N–H and O–H groups in total. The van der Waals surface area contributed by atoms with Crippen LogP contribution in [0.1, 0.15) is 40.1 Å². The third-order valence-corrected chi connectivity index (χ3v) is 6.69. The normalized spacial score (nSPS) is 13.0. The number of imide groups is 1. The number of benzene rings is 3. The fraction of sp³-hybridized carbons (Fsp3) is 0.226. The van der Waals surface area contributed by atoms with Crippen LogP contribution in [0.15, 0.2) is 71.4 Å². The Morgan fingerprint density at radius 2 is 1.60 bits per heavy atom. The van der Waals surface area contributed by atoms with E-state index in [9.17, 15) is 19.2 Å². The lowest BCUT2D eigenvalue weighted by Gasteiger charge is -2.19. The molecular weight excluding hydrogens is 562 g/mol. The molecule has 10 nitrogen and oxygen atoms in total. The monoisotopic (exact) mass is 591 g/mol. The number of carbonyl (C=O) groups excluding carboxylic acids is 4. The van der Waals surface area contributed by atoms with Crippen molar-refractivity contribution < 1.29 is 33.4 Å². The zero-order chi connectivity index (χ0) is 30.6. The number of hydrogen-bond acceptors (Lipinski definition) is 8. The SMILES string of the molecule is COc1ccc(N2C(=O)C(Cl)=C(Nc3cc(C(=O)Nc4ccc(C(=O)OCC(C)C)cc4)ccc3C)C2=O)c(OC)c1. The van der Waals surface area contributed by atoms with E-state index in [1.165, 1.54) is 20.3 Å². The topological polar surface area (TPSA) is 123 Å². The molecule has 1 heterocycles. The summed E-state index contributed by atoms with van der Waals surface area (Å²) in [5.41, 5.74) is 2.30. The Morgan fingerprint density at radius 1 is 0.905 bits per heavy atom. The van der Waals surface area contributed by atoms with Crippen molar-refractivity contribution in [1.82, 2.24) is 0 Å². The standard InChI is InChI=1S/C31H30ClN3O7/c1-17(2)16-42-31(39)19-8-10-21(11-9-19)33-28(36)20-7-6-18(3)23(14-20)34-27-26(32)29(37)35(30(27)38)24-13-12-22(40-4)15-25(24)41-5/h6-15,17,34H,16H2,1-5H3,(H,33,36). The lowest BCUT2D eigenvalue weighted by atomic mass is 10.1. The van der Waals surface area contributed by atoms with Crippen LogP contribution >= 0.6 is 11.6 Å². The molecule has 0 aromatic heterocycles. The van der Waals surface area contributed by atoms with Crippen LogP contribution in [0.2, 0.25) is 0 Å². The van der Waals surface area contributed by atoms with Gasteiger partial charge in [0.25, 0.3) is 17.7 Å². The summed E-state index contributed by atoms with van der Waals surface area (Å²) in [6.45, 7) is 5.99. The molecule has 4 rings (SSSR count). The number of rotatable bonds is 10. The van der Waals surface area contributed by atoms with E-state index in [0.29, 0.717) is 34.9 Å². The predicted octanol–water partition coefficient (Wildman–Crippen LogP) is 5.51. The van der Waals surface area contributed by atoms with E-state index < -0.39 is 23.7 Å². The van der Waals surface area contributed by atoms with Crippen LogP contribution in [0.4, 0.5) is 17.1 Å². The first kappa shape index (κ1) is 30.1. The molecule has 0 spiro atoms. The first-order valence-electron chi connectivity index (χ1n) is 13.0. The molecule has 3 aromatic rings. The fourth-order valence-electron chi connectivity index (χ4n) is 4.05. The second-order valence-electron chi connectivity index (χ2n) is 9.85. The lowest BCUT2D eigenvalue weighted by molar-refractivity contribution is -0.120. The summed E-state index contributed by atoms with van der Waals surface area (Å²) >= 11 is 6.33. The van der Waals surface area contributed by atoms with Crippen molar-refractivity contribution in [2.45, 2.75) is 20.8 Å². The van der Waals surface area contributed by atoms with Crippen molar-refractivity contribution in [1.29, 1.82) is 0 Å². The molecule has 218 valence electrons. The number of halogens is 1. The maximum Gasteiger partial charge on any atom is 0.338 e.